The maximum absolute atomic E-state index is 11.9. The van der Waals surface area contributed by atoms with Gasteiger partial charge in [-0.2, -0.15) is 0 Å². The van der Waals surface area contributed by atoms with Gasteiger partial charge in [-0.25, -0.2) is 8.42 Å². The molecule has 0 aliphatic heterocycles. The molecule has 2 aromatic rings. The van der Waals surface area contributed by atoms with Gasteiger partial charge >= 0.3 is 0 Å². The van der Waals surface area contributed by atoms with E-state index in [2.05, 4.69) is 15.5 Å². The molecule has 3 rings (SSSR count). The minimum atomic E-state index is -3.60. The van der Waals surface area contributed by atoms with Crippen LogP contribution in [0.15, 0.2) is 29.4 Å². The summed E-state index contributed by atoms with van der Waals surface area (Å²) in [5, 5.41) is 21.7. The smallest absolute Gasteiger partial charge is 0.270 e. The molecular formula is C13H15N5O4S. The van der Waals surface area contributed by atoms with Crippen LogP contribution in [0.4, 0.5) is 11.4 Å². The van der Waals surface area contributed by atoms with E-state index in [0.29, 0.717) is 17.6 Å². The van der Waals surface area contributed by atoms with Crippen molar-refractivity contribution in [2.75, 3.05) is 11.6 Å². The van der Waals surface area contributed by atoms with Crippen molar-refractivity contribution >= 4 is 21.2 Å². The lowest BCUT2D eigenvalue weighted by molar-refractivity contribution is -0.385. The van der Waals surface area contributed by atoms with Gasteiger partial charge in [-0.05, 0) is 18.9 Å². The Morgan fingerprint density at radius 1 is 1.43 bits per heavy atom. The first-order valence-electron chi connectivity index (χ1n) is 6.97. The number of nitrogens with one attached hydrogen (secondary N) is 1. The number of rotatable bonds is 6. The number of nitro groups is 1. The van der Waals surface area contributed by atoms with E-state index in [0.717, 1.165) is 25.2 Å². The Kier molecular flexibility index (Phi) is 3.76. The second-order valence-corrected chi connectivity index (χ2v) is 7.43. The van der Waals surface area contributed by atoms with Crippen molar-refractivity contribution in [2.24, 2.45) is 0 Å². The van der Waals surface area contributed by atoms with Crippen LogP contribution in [0.25, 0.3) is 0 Å². The largest absolute Gasteiger partial charge is 0.377 e. The Balaban J connectivity index is 1.87. The molecule has 0 spiro atoms. The molecule has 9 nitrogen and oxygen atoms in total. The molecule has 10 heteroatoms. The summed E-state index contributed by atoms with van der Waals surface area (Å²) in [5.41, 5.74) is 0.0422. The first-order chi connectivity index (χ1) is 10.9. The quantitative estimate of drug-likeness (QED) is 0.627. The van der Waals surface area contributed by atoms with Crippen LogP contribution < -0.4 is 5.32 Å². The van der Waals surface area contributed by atoms with Crippen LogP contribution >= 0.6 is 0 Å². The lowest BCUT2D eigenvalue weighted by atomic mass is 10.3. The van der Waals surface area contributed by atoms with E-state index in [1.54, 1.807) is 6.33 Å². The average Bonchev–Trinajstić information content (AvgIpc) is 3.22. The fraction of sp³-hybridized carbons (Fsp3) is 0.385. The number of aromatic nitrogens is 3. The summed E-state index contributed by atoms with van der Waals surface area (Å²) in [6.45, 7) is 0.289. The molecule has 1 aliphatic carbocycles. The van der Waals surface area contributed by atoms with E-state index in [-0.39, 0.29) is 17.1 Å². The molecule has 0 radical (unpaired) electrons. The number of nitrogens with zero attached hydrogens (tertiary/aromatic N) is 4. The summed E-state index contributed by atoms with van der Waals surface area (Å²) in [5.74, 6) is 0.699. The lowest BCUT2D eigenvalue weighted by Crippen LogP contribution is -2.10. The highest BCUT2D eigenvalue weighted by molar-refractivity contribution is 7.90. The number of sulfone groups is 1. The summed E-state index contributed by atoms with van der Waals surface area (Å²) < 4.78 is 25.7. The van der Waals surface area contributed by atoms with Gasteiger partial charge in [-0.1, -0.05) is 0 Å². The maximum Gasteiger partial charge on any atom is 0.270 e. The van der Waals surface area contributed by atoms with Crippen molar-refractivity contribution in [3.05, 3.63) is 40.5 Å². The van der Waals surface area contributed by atoms with Gasteiger partial charge in [-0.15, -0.1) is 10.2 Å². The molecule has 1 aliphatic rings. The summed E-state index contributed by atoms with van der Waals surface area (Å²) in [6, 6.07) is 4.13. The molecular weight excluding hydrogens is 322 g/mol. The number of non-ortho nitro benzene ring substituents is 1. The second-order valence-electron chi connectivity index (χ2n) is 5.45. The predicted molar refractivity (Wildman–Crippen MR) is 81.8 cm³/mol. The summed E-state index contributed by atoms with van der Waals surface area (Å²) in [7, 11) is -3.60. The van der Waals surface area contributed by atoms with Crippen LogP contribution in [0.2, 0.25) is 0 Å². The van der Waals surface area contributed by atoms with Crippen LogP contribution in [0.3, 0.4) is 0 Å². The second kappa shape index (κ2) is 5.61. The fourth-order valence-corrected chi connectivity index (χ4v) is 3.18. The van der Waals surface area contributed by atoms with Crippen molar-refractivity contribution in [2.45, 2.75) is 30.3 Å². The molecule has 0 bridgehead atoms. The summed E-state index contributed by atoms with van der Waals surface area (Å²) in [6.07, 6.45) is 4.83. The highest BCUT2D eigenvalue weighted by Crippen LogP contribution is 2.35. The molecule has 23 heavy (non-hydrogen) atoms. The summed E-state index contributed by atoms with van der Waals surface area (Å²) >= 11 is 0. The minimum absolute atomic E-state index is 0.107. The average molecular weight is 337 g/mol. The van der Waals surface area contributed by atoms with Crippen LogP contribution in [-0.2, 0) is 16.4 Å². The zero-order chi connectivity index (χ0) is 16.6. The Bertz CT molecular complexity index is 857. The molecule has 0 saturated heterocycles. The van der Waals surface area contributed by atoms with Crippen molar-refractivity contribution in [3.8, 4) is 0 Å². The van der Waals surface area contributed by atoms with Gasteiger partial charge in [-0.3, -0.25) is 10.1 Å². The van der Waals surface area contributed by atoms with Gasteiger partial charge in [0.1, 0.15) is 6.33 Å². The van der Waals surface area contributed by atoms with E-state index in [1.165, 1.54) is 12.1 Å². The number of benzene rings is 1. The van der Waals surface area contributed by atoms with Crippen LogP contribution in [0, 0.1) is 10.1 Å². The van der Waals surface area contributed by atoms with Gasteiger partial charge in [0.05, 0.1) is 22.1 Å². The van der Waals surface area contributed by atoms with Crippen molar-refractivity contribution in [1.29, 1.82) is 0 Å². The third-order valence-electron chi connectivity index (χ3n) is 3.60. The lowest BCUT2D eigenvalue weighted by Gasteiger charge is -2.11. The van der Waals surface area contributed by atoms with E-state index in [1.807, 2.05) is 4.57 Å². The van der Waals surface area contributed by atoms with E-state index >= 15 is 0 Å². The Morgan fingerprint density at radius 3 is 2.78 bits per heavy atom. The number of nitro benzene ring substituents is 1. The standard InChI is InChI=1S/C13H15N5O4S/c1-23(21,22)12-6-10(18(19)20)4-5-11(12)14-7-13-16-15-8-17(13)9-2-3-9/h4-6,8-9,14H,2-3,7H2,1H3. The molecule has 1 fully saturated rings. The number of anilines is 1. The van der Waals surface area contributed by atoms with Gasteiger partial charge in [0, 0.05) is 24.4 Å². The Hall–Kier alpha value is -2.49. The van der Waals surface area contributed by atoms with E-state index in [9.17, 15) is 18.5 Å². The van der Waals surface area contributed by atoms with Crippen LogP contribution in [0.5, 0.6) is 0 Å². The molecule has 0 unspecified atom stereocenters. The Labute approximate surface area is 132 Å². The topological polar surface area (TPSA) is 120 Å². The zero-order valence-electron chi connectivity index (χ0n) is 12.3. The van der Waals surface area contributed by atoms with Crippen molar-refractivity contribution < 1.29 is 13.3 Å². The molecule has 1 aromatic carbocycles. The highest BCUT2D eigenvalue weighted by atomic mass is 32.2. The molecule has 0 atom stereocenters. The molecule has 1 heterocycles. The molecule has 1 aromatic heterocycles. The Morgan fingerprint density at radius 2 is 2.17 bits per heavy atom. The van der Waals surface area contributed by atoms with Gasteiger partial charge in [0.15, 0.2) is 15.7 Å². The highest BCUT2D eigenvalue weighted by Gasteiger charge is 2.26. The first-order valence-corrected chi connectivity index (χ1v) is 8.86. The minimum Gasteiger partial charge on any atom is -0.377 e. The molecule has 122 valence electrons. The van der Waals surface area contributed by atoms with E-state index < -0.39 is 14.8 Å². The molecule has 0 amide bonds. The summed E-state index contributed by atoms with van der Waals surface area (Å²) in [4.78, 5) is 10.1. The molecule has 1 saturated carbocycles. The van der Waals surface area contributed by atoms with Crippen molar-refractivity contribution in [3.63, 3.8) is 0 Å². The number of hydrogen-bond acceptors (Lipinski definition) is 7. The predicted octanol–water partition coefficient (Wildman–Crippen LogP) is 1.54. The van der Waals surface area contributed by atoms with Crippen LogP contribution in [-0.4, -0.2) is 34.4 Å². The molecule has 1 N–H and O–H groups in total. The fourth-order valence-electron chi connectivity index (χ4n) is 2.30. The van der Waals surface area contributed by atoms with Crippen LogP contribution in [0.1, 0.15) is 24.7 Å². The zero-order valence-corrected chi connectivity index (χ0v) is 13.2. The van der Waals surface area contributed by atoms with Gasteiger partial charge in [0.2, 0.25) is 0 Å². The normalized spacial score (nSPS) is 14.7. The third kappa shape index (κ3) is 3.31. The first kappa shape index (κ1) is 15.4. The SMILES string of the molecule is CS(=O)(=O)c1cc([N+](=O)[O-])ccc1NCc1nncn1C1CC1. The monoisotopic (exact) mass is 337 g/mol. The van der Waals surface area contributed by atoms with Crippen molar-refractivity contribution in [1.82, 2.24) is 14.8 Å². The number of hydrogen-bond donors (Lipinski definition) is 1. The van der Waals surface area contributed by atoms with E-state index in [4.69, 9.17) is 0 Å². The third-order valence-corrected chi connectivity index (χ3v) is 4.74. The maximum atomic E-state index is 11.9. The van der Waals surface area contributed by atoms with Gasteiger partial charge in [0.25, 0.3) is 5.69 Å². The van der Waals surface area contributed by atoms with Gasteiger partial charge < -0.3 is 9.88 Å².